The molecule has 5 rings (SSSR count). The van der Waals surface area contributed by atoms with E-state index in [4.69, 9.17) is 14.5 Å². The van der Waals surface area contributed by atoms with Crippen molar-refractivity contribution in [3.63, 3.8) is 0 Å². The zero-order chi connectivity index (χ0) is 28.6. The van der Waals surface area contributed by atoms with Crippen LogP contribution in [0.5, 0.6) is 11.5 Å². The van der Waals surface area contributed by atoms with Crippen LogP contribution in [0.2, 0.25) is 0 Å². The number of hydrogen-bond acceptors (Lipinski definition) is 7. The predicted octanol–water partition coefficient (Wildman–Crippen LogP) is 6.33. The number of aliphatic imine (C=N–C) groups is 1. The number of thioether (sulfide) groups is 1. The monoisotopic (exact) mass is 570 g/mol. The van der Waals surface area contributed by atoms with Crippen molar-refractivity contribution in [2.75, 3.05) is 43.6 Å². The Bertz CT molecular complexity index is 1430. The van der Waals surface area contributed by atoms with Crippen LogP contribution >= 0.6 is 11.8 Å². The van der Waals surface area contributed by atoms with Gasteiger partial charge in [-0.2, -0.15) is 0 Å². The molecular weight excluding hydrogens is 536 g/mol. The largest absolute Gasteiger partial charge is 0.493 e. The molecule has 8 nitrogen and oxygen atoms in total. The van der Waals surface area contributed by atoms with Crippen molar-refractivity contribution in [1.29, 1.82) is 0 Å². The summed E-state index contributed by atoms with van der Waals surface area (Å²) in [5.41, 5.74) is 3.52. The summed E-state index contributed by atoms with van der Waals surface area (Å²) in [6, 6.07) is 22.8. The van der Waals surface area contributed by atoms with Gasteiger partial charge in [-0.05, 0) is 98.1 Å². The number of hydrogen-bond donors (Lipinski definition) is 1. The molecule has 0 spiro atoms. The average molecular weight is 571 g/mol. The number of amidine groups is 1. The number of anilines is 2. The van der Waals surface area contributed by atoms with E-state index in [0.717, 1.165) is 24.3 Å². The maximum Gasteiger partial charge on any atom is 0.266 e. The number of para-hydroxylation sites is 1. The number of benzene rings is 3. The minimum Gasteiger partial charge on any atom is -0.493 e. The lowest BCUT2D eigenvalue weighted by atomic mass is 10.1. The molecule has 212 valence electrons. The lowest BCUT2D eigenvalue weighted by Crippen LogP contribution is -2.29. The van der Waals surface area contributed by atoms with Crippen LogP contribution in [0.1, 0.15) is 31.7 Å². The Morgan fingerprint density at radius 2 is 1.76 bits per heavy atom. The summed E-state index contributed by atoms with van der Waals surface area (Å²) >= 11 is 1.36. The van der Waals surface area contributed by atoms with E-state index < -0.39 is 0 Å². The van der Waals surface area contributed by atoms with Crippen LogP contribution < -0.4 is 19.7 Å². The SMILES string of the molecule is CCN1C(=O)/C(=C/c2ccc(OCC(=O)Nc3ccccc3)c(OC)c2)SC1=Nc1ccc(N2CCCCC2)cc1. The number of nitrogens with zero attached hydrogens (tertiary/aromatic N) is 3. The second-order valence-corrected chi connectivity index (χ2v) is 10.7. The quantitative estimate of drug-likeness (QED) is 0.303. The molecule has 1 N–H and O–H groups in total. The lowest BCUT2D eigenvalue weighted by molar-refractivity contribution is -0.122. The Morgan fingerprint density at radius 3 is 2.46 bits per heavy atom. The van der Waals surface area contributed by atoms with Gasteiger partial charge in [0.2, 0.25) is 0 Å². The summed E-state index contributed by atoms with van der Waals surface area (Å²) < 4.78 is 11.2. The number of carbonyl (C=O) groups is 2. The first kappa shape index (κ1) is 28.3. The third-order valence-electron chi connectivity index (χ3n) is 6.90. The van der Waals surface area contributed by atoms with Crippen molar-refractivity contribution in [2.45, 2.75) is 26.2 Å². The number of ether oxygens (including phenoxy) is 2. The molecule has 0 bridgehead atoms. The molecule has 0 atom stereocenters. The van der Waals surface area contributed by atoms with Gasteiger partial charge < -0.3 is 19.7 Å². The molecule has 0 aromatic heterocycles. The normalized spacial score (nSPS) is 17.3. The van der Waals surface area contributed by atoms with E-state index in [0.29, 0.717) is 33.8 Å². The van der Waals surface area contributed by atoms with E-state index in [1.54, 1.807) is 24.1 Å². The fourth-order valence-corrected chi connectivity index (χ4v) is 5.84. The van der Waals surface area contributed by atoms with Crippen LogP contribution in [-0.4, -0.2) is 55.2 Å². The summed E-state index contributed by atoms with van der Waals surface area (Å²) in [6.45, 7) is 4.49. The van der Waals surface area contributed by atoms with Gasteiger partial charge in [0.05, 0.1) is 17.7 Å². The zero-order valence-electron chi connectivity index (χ0n) is 23.3. The Hall–Kier alpha value is -4.24. The Labute approximate surface area is 245 Å². The highest BCUT2D eigenvalue weighted by Crippen LogP contribution is 2.36. The minimum atomic E-state index is -0.273. The van der Waals surface area contributed by atoms with Crippen molar-refractivity contribution in [1.82, 2.24) is 4.90 Å². The molecule has 0 radical (unpaired) electrons. The zero-order valence-corrected chi connectivity index (χ0v) is 24.2. The van der Waals surface area contributed by atoms with Gasteiger partial charge in [-0.1, -0.05) is 24.3 Å². The molecule has 0 aliphatic carbocycles. The number of rotatable bonds is 9. The highest BCUT2D eigenvalue weighted by molar-refractivity contribution is 8.18. The smallest absolute Gasteiger partial charge is 0.266 e. The molecule has 3 aromatic carbocycles. The topological polar surface area (TPSA) is 83.5 Å². The Morgan fingerprint density at radius 1 is 1.00 bits per heavy atom. The standard InChI is InChI=1S/C32H34N4O4S/c1-3-36-31(38)29(41-32(36)34-25-13-15-26(16-14-25)35-18-8-5-9-19-35)21-23-12-17-27(28(20-23)39-2)40-22-30(37)33-24-10-6-4-7-11-24/h4,6-7,10-17,20-21H,3,5,8-9,18-19,22H2,1-2H3,(H,33,37)/b29-21-,34-32?. The number of amides is 2. The summed E-state index contributed by atoms with van der Waals surface area (Å²) in [6.07, 6.45) is 5.59. The maximum atomic E-state index is 13.2. The molecule has 2 heterocycles. The van der Waals surface area contributed by atoms with Crippen molar-refractivity contribution >= 4 is 51.9 Å². The highest BCUT2D eigenvalue weighted by atomic mass is 32.2. The molecule has 0 saturated carbocycles. The first-order valence-corrected chi connectivity index (χ1v) is 14.7. The second-order valence-electron chi connectivity index (χ2n) is 9.73. The highest BCUT2D eigenvalue weighted by Gasteiger charge is 2.32. The first-order chi connectivity index (χ1) is 20.0. The molecule has 9 heteroatoms. The number of likely N-dealkylation sites (N-methyl/N-ethyl adjacent to an activating group) is 1. The van der Waals surface area contributed by atoms with Crippen molar-refractivity contribution in [2.24, 2.45) is 4.99 Å². The molecule has 2 amide bonds. The molecule has 0 unspecified atom stereocenters. The van der Waals surface area contributed by atoms with Crippen LogP contribution in [0, 0.1) is 0 Å². The van der Waals surface area contributed by atoms with E-state index in [9.17, 15) is 9.59 Å². The summed E-state index contributed by atoms with van der Waals surface area (Å²) in [5.74, 6) is 0.550. The average Bonchev–Trinajstić information content (AvgIpc) is 3.30. The van der Waals surface area contributed by atoms with Gasteiger partial charge in [0.15, 0.2) is 23.3 Å². The molecule has 2 fully saturated rings. The van der Waals surface area contributed by atoms with Crippen LogP contribution in [0.15, 0.2) is 82.7 Å². The van der Waals surface area contributed by atoms with E-state index in [1.165, 1.54) is 36.7 Å². The van der Waals surface area contributed by atoms with E-state index >= 15 is 0 Å². The summed E-state index contributed by atoms with van der Waals surface area (Å²) in [4.78, 5) is 35.0. The van der Waals surface area contributed by atoms with Crippen molar-refractivity contribution in [3.8, 4) is 11.5 Å². The number of nitrogens with one attached hydrogen (secondary N) is 1. The maximum absolute atomic E-state index is 13.2. The van der Waals surface area contributed by atoms with Gasteiger partial charge in [0.1, 0.15) is 0 Å². The third kappa shape index (κ3) is 7.10. The molecule has 3 aromatic rings. The molecule has 41 heavy (non-hydrogen) atoms. The van der Waals surface area contributed by atoms with E-state index in [2.05, 4.69) is 22.3 Å². The van der Waals surface area contributed by atoms with Gasteiger partial charge >= 0.3 is 0 Å². The minimum absolute atomic E-state index is 0.0851. The summed E-state index contributed by atoms with van der Waals surface area (Å²) in [7, 11) is 1.54. The van der Waals surface area contributed by atoms with Crippen LogP contribution in [-0.2, 0) is 9.59 Å². The number of methoxy groups -OCH3 is 1. The van der Waals surface area contributed by atoms with E-state index in [-0.39, 0.29) is 18.4 Å². The van der Waals surface area contributed by atoms with Crippen LogP contribution in [0.4, 0.5) is 17.1 Å². The van der Waals surface area contributed by atoms with E-state index in [1.807, 2.05) is 61.5 Å². The van der Waals surface area contributed by atoms with Crippen molar-refractivity contribution in [3.05, 3.63) is 83.3 Å². The van der Waals surface area contributed by atoms with Crippen molar-refractivity contribution < 1.29 is 19.1 Å². The number of carbonyl (C=O) groups excluding carboxylic acids is 2. The van der Waals surface area contributed by atoms with Gasteiger partial charge in [-0.15, -0.1) is 0 Å². The number of piperidine rings is 1. The Balaban J connectivity index is 1.26. The Kier molecular flexibility index (Phi) is 9.26. The second kappa shape index (κ2) is 13.4. The van der Waals surface area contributed by atoms with Gasteiger partial charge in [0.25, 0.3) is 11.8 Å². The van der Waals surface area contributed by atoms with Crippen LogP contribution in [0.25, 0.3) is 6.08 Å². The van der Waals surface area contributed by atoms with Crippen LogP contribution in [0.3, 0.4) is 0 Å². The fourth-order valence-electron chi connectivity index (χ4n) is 4.78. The lowest BCUT2D eigenvalue weighted by Gasteiger charge is -2.28. The third-order valence-corrected chi connectivity index (χ3v) is 7.91. The van der Waals surface area contributed by atoms with Gasteiger partial charge in [-0.3, -0.25) is 14.5 Å². The molecule has 2 saturated heterocycles. The molecular formula is C32H34N4O4S. The predicted molar refractivity (Wildman–Crippen MR) is 166 cm³/mol. The van der Waals surface area contributed by atoms with Gasteiger partial charge in [0, 0.05) is 31.0 Å². The molecule has 2 aliphatic rings. The molecule has 2 aliphatic heterocycles. The fraction of sp³-hybridized carbons (Fsp3) is 0.281. The first-order valence-electron chi connectivity index (χ1n) is 13.8. The van der Waals surface area contributed by atoms with Gasteiger partial charge in [-0.25, -0.2) is 4.99 Å². The summed E-state index contributed by atoms with van der Waals surface area (Å²) in [5, 5.41) is 3.45.